The van der Waals surface area contributed by atoms with Crippen LogP contribution in [0, 0.1) is 23.2 Å². The maximum Gasteiger partial charge on any atom is 0.152 e. The SMILES string of the molecule is N#CC#Cc1ccc2ccsc2c1. The predicted molar refractivity (Wildman–Crippen MR) is 54.3 cm³/mol. The Morgan fingerprint density at radius 3 is 3.00 bits per heavy atom. The number of thiophene rings is 1. The van der Waals surface area contributed by atoms with Gasteiger partial charge in [-0.1, -0.05) is 12.0 Å². The zero-order valence-corrected chi connectivity index (χ0v) is 7.56. The molecule has 1 aromatic heterocycles. The van der Waals surface area contributed by atoms with E-state index in [1.807, 2.05) is 23.6 Å². The lowest BCUT2D eigenvalue weighted by Gasteiger charge is -1.89. The van der Waals surface area contributed by atoms with Crippen LogP contribution in [0.3, 0.4) is 0 Å². The number of hydrogen-bond acceptors (Lipinski definition) is 2. The molecule has 13 heavy (non-hydrogen) atoms. The smallest absolute Gasteiger partial charge is 0.152 e. The number of nitriles is 1. The zero-order valence-electron chi connectivity index (χ0n) is 6.74. The van der Waals surface area contributed by atoms with E-state index in [1.165, 1.54) is 10.1 Å². The van der Waals surface area contributed by atoms with Crippen LogP contribution in [-0.4, -0.2) is 0 Å². The number of hydrogen-bond donors (Lipinski definition) is 0. The van der Waals surface area contributed by atoms with Gasteiger partial charge in [0.1, 0.15) is 0 Å². The van der Waals surface area contributed by atoms with E-state index in [1.54, 1.807) is 17.4 Å². The molecule has 0 unspecified atom stereocenters. The molecule has 0 saturated carbocycles. The number of fused-ring (bicyclic) bond motifs is 1. The zero-order chi connectivity index (χ0) is 9.10. The molecule has 0 N–H and O–H groups in total. The van der Waals surface area contributed by atoms with Gasteiger partial charge in [0.05, 0.1) is 0 Å². The topological polar surface area (TPSA) is 23.8 Å². The minimum Gasteiger partial charge on any atom is -0.183 e. The fourth-order valence-corrected chi connectivity index (χ4v) is 1.96. The lowest BCUT2D eigenvalue weighted by molar-refractivity contribution is 1.55. The van der Waals surface area contributed by atoms with Crippen LogP contribution in [0.1, 0.15) is 5.56 Å². The second-order valence-corrected chi connectivity index (χ2v) is 3.48. The highest BCUT2D eigenvalue weighted by molar-refractivity contribution is 7.17. The van der Waals surface area contributed by atoms with Crippen molar-refractivity contribution >= 4 is 21.4 Å². The van der Waals surface area contributed by atoms with Crippen LogP contribution >= 0.6 is 11.3 Å². The Labute approximate surface area is 80.2 Å². The number of rotatable bonds is 0. The summed E-state index contributed by atoms with van der Waals surface area (Å²) in [6.07, 6.45) is 0. The first-order valence-corrected chi connectivity index (χ1v) is 4.65. The molecule has 0 aliphatic rings. The molecule has 2 rings (SSSR count). The molecule has 2 aromatic rings. The molecular weight excluding hydrogens is 178 g/mol. The fraction of sp³-hybridized carbons (Fsp3) is 0. The minimum absolute atomic E-state index is 0.900. The molecule has 0 bridgehead atoms. The van der Waals surface area contributed by atoms with Gasteiger partial charge in [-0.25, -0.2) is 0 Å². The van der Waals surface area contributed by atoms with Crippen molar-refractivity contribution in [2.75, 3.05) is 0 Å². The summed E-state index contributed by atoms with van der Waals surface area (Å²) in [6, 6.07) is 9.83. The summed E-state index contributed by atoms with van der Waals surface area (Å²) >= 11 is 1.68. The largest absolute Gasteiger partial charge is 0.183 e. The monoisotopic (exact) mass is 183 g/mol. The first kappa shape index (κ1) is 7.86. The van der Waals surface area contributed by atoms with Crippen LogP contribution in [0.2, 0.25) is 0 Å². The normalized spacial score (nSPS) is 8.85. The summed E-state index contributed by atoms with van der Waals surface area (Å²) in [6.45, 7) is 0. The lowest BCUT2D eigenvalue weighted by atomic mass is 10.2. The second-order valence-electron chi connectivity index (χ2n) is 2.54. The Hall–Kier alpha value is -1.77. The number of nitrogens with zero attached hydrogens (tertiary/aromatic N) is 1. The molecule has 0 saturated heterocycles. The molecule has 1 nitrogen and oxygen atoms in total. The molecular formula is C11H5NS. The first-order chi connectivity index (χ1) is 6.40. The predicted octanol–water partition coefficient (Wildman–Crippen LogP) is 2.78. The van der Waals surface area contributed by atoms with Crippen LogP contribution < -0.4 is 0 Å². The Kier molecular flexibility index (Phi) is 2.00. The van der Waals surface area contributed by atoms with Gasteiger partial charge in [-0.15, -0.1) is 11.3 Å². The van der Waals surface area contributed by atoms with Gasteiger partial charge in [-0.3, -0.25) is 0 Å². The lowest BCUT2D eigenvalue weighted by Crippen LogP contribution is -1.71. The quantitative estimate of drug-likeness (QED) is 0.576. The van der Waals surface area contributed by atoms with E-state index in [-0.39, 0.29) is 0 Å². The van der Waals surface area contributed by atoms with Crippen molar-refractivity contribution in [2.24, 2.45) is 0 Å². The first-order valence-electron chi connectivity index (χ1n) is 3.77. The van der Waals surface area contributed by atoms with Gasteiger partial charge < -0.3 is 0 Å². The van der Waals surface area contributed by atoms with Crippen molar-refractivity contribution in [2.45, 2.75) is 0 Å². The van der Waals surface area contributed by atoms with Gasteiger partial charge in [0, 0.05) is 16.2 Å². The summed E-state index contributed by atoms with van der Waals surface area (Å²) in [5.41, 5.74) is 0.900. The van der Waals surface area contributed by atoms with Gasteiger partial charge in [0.2, 0.25) is 0 Å². The molecule has 0 amide bonds. The Bertz CT molecular complexity index is 534. The third kappa shape index (κ3) is 1.54. The summed E-state index contributed by atoms with van der Waals surface area (Å²) in [5.74, 6) is 5.15. The Morgan fingerprint density at radius 2 is 2.15 bits per heavy atom. The molecule has 60 valence electrons. The average Bonchev–Trinajstić information content (AvgIpc) is 2.61. The number of benzene rings is 1. The van der Waals surface area contributed by atoms with Crippen LogP contribution in [0.25, 0.3) is 10.1 Å². The molecule has 0 radical (unpaired) electrons. The van der Waals surface area contributed by atoms with Gasteiger partial charge >= 0.3 is 0 Å². The van der Waals surface area contributed by atoms with Crippen LogP contribution in [0.4, 0.5) is 0 Å². The van der Waals surface area contributed by atoms with E-state index >= 15 is 0 Å². The summed E-state index contributed by atoms with van der Waals surface area (Å²) < 4.78 is 1.21. The highest BCUT2D eigenvalue weighted by Crippen LogP contribution is 2.21. The summed E-state index contributed by atoms with van der Waals surface area (Å²) in [7, 11) is 0. The van der Waals surface area contributed by atoms with Crippen molar-refractivity contribution in [1.82, 2.24) is 0 Å². The van der Waals surface area contributed by atoms with Gasteiger partial charge in [0.15, 0.2) is 6.07 Å². The van der Waals surface area contributed by atoms with Crippen molar-refractivity contribution < 1.29 is 0 Å². The standard InChI is InChI=1S/C11H5NS/c12-6-1-2-9-3-4-10-5-7-13-11(10)8-9/h3-5,7-8H. The average molecular weight is 183 g/mol. The van der Waals surface area contributed by atoms with E-state index in [9.17, 15) is 0 Å². The van der Waals surface area contributed by atoms with Crippen molar-refractivity contribution in [3.63, 3.8) is 0 Å². The third-order valence-corrected chi connectivity index (χ3v) is 2.60. The fourth-order valence-electron chi connectivity index (χ4n) is 1.13. The van der Waals surface area contributed by atoms with Gasteiger partial charge in [-0.2, -0.15) is 5.26 Å². The molecule has 0 spiro atoms. The molecule has 0 atom stereocenters. The maximum atomic E-state index is 8.28. The van der Waals surface area contributed by atoms with Gasteiger partial charge in [0.25, 0.3) is 0 Å². The molecule has 0 fully saturated rings. The molecule has 0 aliphatic carbocycles. The second kappa shape index (κ2) is 3.31. The van der Waals surface area contributed by atoms with Crippen LogP contribution in [-0.2, 0) is 0 Å². The van der Waals surface area contributed by atoms with Crippen LogP contribution in [0.15, 0.2) is 29.6 Å². The van der Waals surface area contributed by atoms with E-state index in [0.717, 1.165) is 5.56 Å². The van der Waals surface area contributed by atoms with E-state index in [4.69, 9.17) is 5.26 Å². The van der Waals surface area contributed by atoms with E-state index in [0.29, 0.717) is 0 Å². The summed E-state index contributed by atoms with van der Waals surface area (Å²) in [5, 5.41) is 11.6. The van der Waals surface area contributed by atoms with Crippen molar-refractivity contribution in [3.8, 4) is 17.9 Å². The highest BCUT2D eigenvalue weighted by atomic mass is 32.1. The highest BCUT2D eigenvalue weighted by Gasteiger charge is 1.94. The molecule has 0 aliphatic heterocycles. The maximum absolute atomic E-state index is 8.28. The van der Waals surface area contributed by atoms with E-state index in [2.05, 4.69) is 17.9 Å². The Balaban J connectivity index is 2.56. The van der Waals surface area contributed by atoms with Crippen molar-refractivity contribution in [3.05, 3.63) is 35.2 Å². The molecule has 1 aromatic carbocycles. The summed E-state index contributed by atoms with van der Waals surface area (Å²) in [4.78, 5) is 0. The molecule has 1 heterocycles. The molecule has 2 heteroatoms. The Morgan fingerprint density at radius 1 is 1.23 bits per heavy atom. The van der Waals surface area contributed by atoms with E-state index < -0.39 is 0 Å². The van der Waals surface area contributed by atoms with Crippen molar-refractivity contribution in [1.29, 1.82) is 5.26 Å². The van der Waals surface area contributed by atoms with Gasteiger partial charge in [-0.05, 0) is 29.0 Å². The minimum atomic E-state index is 0.900. The third-order valence-electron chi connectivity index (χ3n) is 1.72. The van der Waals surface area contributed by atoms with Crippen LogP contribution in [0.5, 0.6) is 0 Å².